The van der Waals surface area contributed by atoms with E-state index in [1.165, 1.54) is 12.1 Å². The Morgan fingerprint density at radius 2 is 1.91 bits per heavy atom. The highest BCUT2D eigenvalue weighted by atomic mass is 16.4. The van der Waals surface area contributed by atoms with E-state index in [0.29, 0.717) is 23.5 Å². The van der Waals surface area contributed by atoms with Gasteiger partial charge in [-0.3, -0.25) is 4.79 Å². The first-order chi connectivity index (χ1) is 11.0. The molecule has 0 radical (unpaired) electrons. The van der Waals surface area contributed by atoms with Crippen LogP contribution >= 0.6 is 0 Å². The van der Waals surface area contributed by atoms with Crippen molar-refractivity contribution in [3.05, 3.63) is 47.2 Å². The van der Waals surface area contributed by atoms with E-state index in [1.54, 1.807) is 24.3 Å². The summed E-state index contributed by atoms with van der Waals surface area (Å²) in [5, 5.41) is 18.6. The Morgan fingerprint density at radius 1 is 1.13 bits per heavy atom. The number of aromatic hydroxyl groups is 1. The summed E-state index contributed by atoms with van der Waals surface area (Å²) in [5.74, 6) is -0.279. The third-order valence-corrected chi connectivity index (χ3v) is 3.91. The maximum atomic E-state index is 11.8. The van der Waals surface area contributed by atoms with Crippen LogP contribution in [0.1, 0.15) is 41.8 Å². The van der Waals surface area contributed by atoms with Crippen molar-refractivity contribution >= 4 is 17.8 Å². The molecule has 2 aromatic rings. The zero-order valence-electron chi connectivity index (χ0n) is 12.4. The predicted molar refractivity (Wildman–Crippen MR) is 84.2 cm³/mol. The van der Waals surface area contributed by atoms with E-state index in [0.717, 1.165) is 24.8 Å². The van der Waals surface area contributed by atoms with Gasteiger partial charge in [0.15, 0.2) is 5.78 Å². The molecule has 5 nitrogen and oxygen atoms in total. The van der Waals surface area contributed by atoms with Crippen LogP contribution < -0.4 is 0 Å². The maximum absolute atomic E-state index is 11.8. The van der Waals surface area contributed by atoms with E-state index in [2.05, 4.69) is 0 Å². The van der Waals surface area contributed by atoms with Crippen molar-refractivity contribution in [3.63, 3.8) is 0 Å². The Kier molecular flexibility index (Phi) is 4.02. The molecule has 0 atom stereocenters. The molecule has 1 fully saturated rings. The second kappa shape index (κ2) is 6.12. The molecule has 0 unspecified atom stereocenters. The Balaban J connectivity index is 1.90. The van der Waals surface area contributed by atoms with Gasteiger partial charge in [-0.05, 0) is 61.2 Å². The molecule has 1 aliphatic carbocycles. The topological polar surface area (TPSA) is 87.7 Å². The number of phenols is 1. The van der Waals surface area contributed by atoms with E-state index in [4.69, 9.17) is 9.52 Å². The summed E-state index contributed by atoms with van der Waals surface area (Å²) in [6.07, 6.45) is 5.04. The second-order valence-electron chi connectivity index (χ2n) is 5.54. The van der Waals surface area contributed by atoms with Gasteiger partial charge in [-0.1, -0.05) is 0 Å². The molecule has 0 aliphatic heterocycles. The summed E-state index contributed by atoms with van der Waals surface area (Å²) < 4.78 is 5.69. The molecule has 1 aromatic heterocycles. The highest BCUT2D eigenvalue weighted by Gasteiger charge is 2.16. The first-order valence-corrected chi connectivity index (χ1v) is 7.45. The Morgan fingerprint density at radius 3 is 2.65 bits per heavy atom. The molecular formula is C18H16O5. The summed E-state index contributed by atoms with van der Waals surface area (Å²) in [7, 11) is 0. The van der Waals surface area contributed by atoms with Gasteiger partial charge in [0, 0.05) is 12.0 Å². The molecule has 5 heteroatoms. The minimum Gasteiger partial charge on any atom is -0.507 e. The number of carbonyl (C=O) groups excluding carboxylic acids is 1. The molecule has 1 heterocycles. The van der Waals surface area contributed by atoms with Gasteiger partial charge in [0.05, 0.1) is 0 Å². The van der Waals surface area contributed by atoms with Crippen LogP contribution in [0.15, 0.2) is 40.3 Å². The van der Waals surface area contributed by atoms with Gasteiger partial charge in [0.2, 0.25) is 0 Å². The van der Waals surface area contributed by atoms with Crippen molar-refractivity contribution in [1.29, 1.82) is 0 Å². The molecule has 1 saturated carbocycles. The number of hydrogen-bond acceptors (Lipinski definition) is 4. The molecule has 1 aliphatic rings. The average molecular weight is 312 g/mol. The van der Waals surface area contributed by atoms with E-state index in [9.17, 15) is 14.7 Å². The number of ketones is 1. The van der Waals surface area contributed by atoms with Crippen molar-refractivity contribution in [2.24, 2.45) is 0 Å². The summed E-state index contributed by atoms with van der Waals surface area (Å²) in [6, 6.07) is 7.74. The number of aromatic carboxylic acids is 1. The molecule has 2 N–H and O–H groups in total. The van der Waals surface area contributed by atoms with Crippen LogP contribution in [0.4, 0.5) is 0 Å². The summed E-state index contributed by atoms with van der Waals surface area (Å²) in [4.78, 5) is 22.9. The van der Waals surface area contributed by atoms with Crippen LogP contribution in [0, 0.1) is 0 Å². The zero-order valence-corrected chi connectivity index (χ0v) is 12.4. The molecule has 0 amide bonds. The molecule has 1 aromatic carbocycles. The van der Waals surface area contributed by atoms with Gasteiger partial charge >= 0.3 is 5.97 Å². The standard InChI is InChI=1S/C18H16O5/c19-15-4-2-1-3-11(15)9-13-6-8-17(23-13)12-5-7-16(20)14(10-12)18(21)22/h5-10,20H,1-4H2,(H,21,22). The fourth-order valence-corrected chi connectivity index (χ4v) is 2.67. The lowest BCUT2D eigenvalue weighted by Crippen LogP contribution is -2.07. The third-order valence-electron chi connectivity index (χ3n) is 3.91. The molecule has 0 bridgehead atoms. The van der Waals surface area contributed by atoms with Gasteiger partial charge in [-0.2, -0.15) is 0 Å². The predicted octanol–water partition coefficient (Wildman–Crippen LogP) is 3.88. The Hall–Kier alpha value is -2.82. The van der Waals surface area contributed by atoms with Crippen molar-refractivity contribution in [1.82, 2.24) is 0 Å². The van der Waals surface area contributed by atoms with Crippen molar-refractivity contribution < 1.29 is 24.2 Å². The second-order valence-corrected chi connectivity index (χ2v) is 5.54. The normalized spacial score (nSPS) is 16.7. The highest BCUT2D eigenvalue weighted by Crippen LogP contribution is 2.29. The number of carboxylic acids is 1. The van der Waals surface area contributed by atoms with Gasteiger partial charge in [0.25, 0.3) is 0 Å². The average Bonchev–Trinajstić information content (AvgIpc) is 2.98. The number of Topliss-reactive ketones (excluding diaryl/α,β-unsaturated/α-hetero) is 1. The number of hydrogen-bond donors (Lipinski definition) is 2. The third kappa shape index (κ3) is 3.18. The van der Waals surface area contributed by atoms with Crippen molar-refractivity contribution in [3.8, 4) is 17.1 Å². The maximum Gasteiger partial charge on any atom is 0.339 e. The van der Waals surface area contributed by atoms with E-state index in [-0.39, 0.29) is 17.1 Å². The van der Waals surface area contributed by atoms with Crippen molar-refractivity contribution in [2.75, 3.05) is 0 Å². The van der Waals surface area contributed by atoms with Gasteiger partial charge < -0.3 is 14.6 Å². The molecule has 0 saturated heterocycles. The minimum absolute atomic E-state index is 0.159. The van der Waals surface area contributed by atoms with Crippen LogP contribution in [0.5, 0.6) is 5.75 Å². The lowest BCUT2D eigenvalue weighted by molar-refractivity contribution is -0.116. The number of furan rings is 1. The number of carbonyl (C=O) groups is 2. The molecule has 118 valence electrons. The molecule has 23 heavy (non-hydrogen) atoms. The van der Waals surface area contributed by atoms with Gasteiger partial charge in [0.1, 0.15) is 22.8 Å². The number of rotatable bonds is 3. The smallest absolute Gasteiger partial charge is 0.339 e. The molecular weight excluding hydrogens is 296 g/mol. The minimum atomic E-state index is -1.20. The molecule has 3 rings (SSSR count). The fraction of sp³-hybridized carbons (Fsp3) is 0.222. The van der Waals surface area contributed by atoms with Crippen LogP contribution in [-0.4, -0.2) is 22.0 Å². The summed E-state index contributed by atoms with van der Waals surface area (Å²) >= 11 is 0. The first-order valence-electron chi connectivity index (χ1n) is 7.45. The number of carboxylic acid groups (broad SMARTS) is 1. The lowest BCUT2D eigenvalue weighted by atomic mass is 9.93. The van der Waals surface area contributed by atoms with E-state index >= 15 is 0 Å². The fourth-order valence-electron chi connectivity index (χ4n) is 2.67. The van der Waals surface area contributed by atoms with Gasteiger partial charge in [-0.15, -0.1) is 0 Å². The highest BCUT2D eigenvalue weighted by molar-refractivity contribution is 5.99. The lowest BCUT2D eigenvalue weighted by Gasteiger charge is -2.11. The van der Waals surface area contributed by atoms with E-state index < -0.39 is 5.97 Å². The Bertz CT molecular complexity index is 797. The number of benzene rings is 1. The van der Waals surface area contributed by atoms with Gasteiger partial charge in [-0.25, -0.2) is 4.79 Å². The summed E-state index contributed by atoms with van der Waals surface area (Å²) in [6.45, 7) is 0. The van der Waals surface area contributed by atoms with Crippen LogP contribution in [-0.2, 0) is 4.79 Å². The van der Waals surface area contributed by atoms with Crippen LogP contribution in [0.25, 0.3) is 17.4 Å². The van der Waals surface area contributed by atoms with E-state index in [1.807, 2.05) is 0 Å². The number of allylic oxidation sites excluding steroid dienone is 1. The monoisotopic (exact) mass is 312 g/mol. The summed E-state index contributed by atoms with van der Waals surface area (Å²) in [5.41, 5.74) is 1.15. The first kappa shape index (κ1) is 15.1. The quantitative estimate of drug-likeness (QED) is 0.840. The largest absolute Gasteiger partial charge is 0.507 e. The Labute approximate surface area is 132 Å². The zero-order chi connectivity index (χ0) is 16.4. The van der Waals surface area contributed by atoms with Crippen LogP contribution in [0.2, 0.25) is 0 Å². The van der Waals surface area contributed by atoms with Crippen molar-refractivity contribution in [2.45, 2.75) is 25.7 Å². The SMILES string of the molecule is O=C1CCCCC1=Cc1ccc(-c2ccc(O)c(C(=O)O)c2)o1. The van der Waals surface area contributed by atoms with Crippen LogP contribution in [0.3, 0.4) is 0 Å². The molecule has 0 spiro atoms.